The van der Waals surface area contributed by atoms with Crippen molar-refractivity contribution in [2.24, 2.45) is 17.8 Å². The molecule has 0 unspecified atom stereocenters. The first kappa shape index (κ1) is 20.3. The Kier molecular flexibility index (Phi) is 5.35. The third-order valence-corrected chi connectivity index (χ3v) is 14.3. The zero-order valence-electron chi connectivity index (χ0n) is 18.9. The predicted molar refractivity (Wildman–Crippen MR) is 123 cm³/mol. The average molecular weight is 400 g/mol. The maximum atomic E-state index is 6.85. The highest BCUT2D eigenvalue weighted by atomic mass is 28.4. The Morgan fingerprint density at radius 3 is 1.61 bits per heavy atom. The van der Waals surface area contributed by atoms with Gasteiger partial charge in [-0.15, -0.1) is 0 Å². The topological polar surface area (TPSA) is 21.3 Å². The summed E-state index contributed by atoms with van der Waals surface area (Å²) in [6, 6.07) is 8.98. The van der Waals surface area contributed by atoms with E-state index in [9.17, 15) is 0 Å². The van der Waals surface area contributed by atoms with Gasteiger partial charge in [-0.05, 0) is 97.2 Å². The first-order valence-corrected chi connectivity index (χ1v) is 13.9. The third-order valence-electron chi connectivity index (χ3n) is 8.30. The minimum Gasteiger partial charge on any atom is -0.543 e. The molecule has 4 aliphatic carbocycles. The van der Waals surface area contributed by atoms with Crippen LogP contribution in [0.1, 0.15) is 80.1 Å². The molecule has 0 radical (unpaired) electrons. The molecule has 5 rings (SSSR count). The maximum absolute atomic E-state index is 6.85. The molecule has 156 valence electrons. The SMILES string of the molecule is CC(C)[Si](Oc1ccc(NC23CC4CC(CC(C4)C2)C3)cc1)(C(C)C)C(C)C. The van der Waals surface area contributed by atoms with Crippen LogP contribution in [0, 0.1) is 17.8 Å². The van der Waals surface area contributed by atoms with Gasteiger partial charge < -0.3 is 9.74 Å². The van der Waals surface area contributed by atoms with E-state index in [1.165, 1.54) is 44.2 Å². The lowest BCUT2D eigenvalue weighted by Crippen LogP contribution is -2.54. The normalized spacial score (nSPS) is 31.8. The van der Waals surface area contributed by atoms with Gasteiger partial charge in [0.25, 0.3) is 8.32 Å². The molecule has 1 aromatic rings. The average Bonchev–Trinajstić information content (AvgIpc) is 2.58. The Balaban J connectivity index is 1.48. The highest BCUT2D eigenvalue weighted by molar-refractivity contribution is 6.78. The minimum absolute atomic E-state index is 0.378. The molecule has 4 saturated carbocycles. The lowest BCUT2D eigenvalue weighted by atomic mass is 9.53. The Hall–Kier alpha value is -0.963. The molecule has 0 aromatic heterocycles. The summed E-state index contributed by atoms with van der Waals surface area (Å²) in [6.45, 7) is 14.1. The fourth-order valence-electron chi connectivity index (χ4n) is 7.73. The number of rotatable bonds is 7. The summed E-state index contributed by atoms with van der Waals surface area (Å²) in [5, 5.41) is 4.00. The van der Waals surface area contributed by atoms with Gasteiger partial charge in [0, 0.05) is 11.2 Å². The molecule has 0 aliphatic heterocycles. The molecular formula is C25H41NOSi. The zero-order chi connectivity index (χ0) is 20.1. The van der Waals surface area contributed by atoms with Gasteiger partial charge in [-0.1, -0.05) is 41.5 Å². The molecule has 2 nitrogen and oxygen atoms in total. The van der Waals surface area contributed by atoms with E-state index >= 15 is 0 Å². The number of nitrogens with one attached hydrogen (secondary N) is 1. The van der Waals surface area contributed by atoms with E-state index in [0.717, 1.165) is 23.5 Å². The Morgan fingerprint density at radius 1 is 0.786 bits per heavy atom. The maximum Gasteiger partial charge on any atom is 0.258 e. The summed E-state index contributed by atoms with van der Waals surface area (Å²) in [5.74, 6) is 4.02. The van der Waals surface area contributed by atoms with Crippen molar-refractivity contribution in [3.63, 3.8) is 0 Å². The van der Waals surface area contributed by atoms with Gasteiger partial charge in [0.1, 0.15) is 5.75 Å². The van der Waals surface area contributed by atoms with Crippen molar-refractivity contribution in [1.82, 2.24) is 0 Å². The Morgan fingerprint density at radius 2 is 1.21 bits per heavy atom. The van der Waals surface area contributed by atoms with Crippen LogP contribution in [0.2, 0.25) is 16.6 Å². The summed E-state index contributed by atoms with van der Waals surface area (Å²) >= 11 is 0. The number of hydrogen-bond acceptors (Lipinski definition) is 2. The van der Waals surface area contributed by atoms with Gasteiger partial charge in [-0.3, -0.25) is 0 Å². The largest absolute Gasteiger partial charge is 0.543 e. The van der Waals surface area contributed by atoms with Gasteiger partial charge in [-0.25, -0.2) is 0 Å². The lowest BCUT2D eigenvalue weighted by molar-refractivity contribution is 0.0107. The van der Waals surface area contributed by atoms with Gasteiger partial charge in [0.05, 0.1) is 0 Å². The molecule has 4 aliphatic rings. The highest BCUT2D eigenvalue weighted by Gasteiger charge is 2.51. The van der Waals surface area contributed by atoms with E-state index in [4.69, 9.17) is 4.43 Å². The molecule has 0 amide bonds. The summed E-state index contributed by atoms with van der Waals surface area (Å²) in [6.07, 6.45) is 8.67. The second kappa shape index (κ2) is 7.38. The van der Waals surface area contributed by atoms with Gasteiger partial charge in [0.2, 0.25) is 0 Å². The standard InChI is InChI=1S/C25H41NOSi/c1-17(2)28(18(3)4,19(5)6)27-24-9-7-23(8-10-24)26-25-14-20-11-21(15-25)13-22(12-20)16-25/h7-10,17-22,26H,11-16H2,1-6H3. The molecule has 3 heteroatoms. The van der Waals surface area contributed by atoms with E-state index in [0.29, 0.717) is 22.2 Å². The molecule has 28 heavy (non-hydrogen) atoms. The van der Waals surface area contributed by atoms with Crippen LogP contribution in [0.5, 0.6) is 5.75 Å². The van der Waals surface area contributed by atoms with Crippen LogP contribution in [0.4, 0.5) is 5.69 Å². The molecule has 4 bridgehead atoms. The van der Waals surface area contributed by atoms with Crippen LogP contribution in [-0.4, -0.2) is 13.9 Å². The van der Waals surface area contributed by atoms with Gasteiger partial charge in [-0.2, -0.15) is 0 Å². The van der Waals surface area contributed by atoms with Crippen molar-refractivity contribution in [2.45, 2.75) is 102 Å². The van der Waals surface area contributed by atoms with Crippen molar-refractivity contribution >= 4 is 14.0 Å². The van der Waals surface area contributed by atoms with E-state index in [1.54, 1.807) is 0 Å². The van der Waals surface area contributed by atoms with Gasteiger partial charge in [0.15, 0.2) is 0 Å². The van der Waals surface area contributed by atoms with Crippen LogP contribution < -0.4 is 9.74 Å². The van der Waals surface area contributed by atoms with Crippen molar-refractivity contribution in [1.29, 1.82) is 0 Å². The molecule has 0 heterocycles. The fraction of sp³-hybridized carbons (Fsp3) is 0.760. The summed E-state index contributed by atoms with van der Waals surface area (Å²) in [7, 11) is -1.87. The second-order valence-corrected chi connectivity index (χ2v) is 16.6. The predicted octanol–water partition coefficient (Wildman–Crippen LogP) is 7.62. The van der Waals surface area contributed by atoms with E-state index < -0.39 is 8.32 Å². The molecule has 4 fully saturated rings. The smallest absolute Gasteiger partial charge is 0.258 e. The fourth-order valence-corrected chi connectivity index (χ4v) is 13.0. The van der Waals surface area contributed by atoms with Crippen LogP contribution in [0.15, 0.2) is 24.3 Å². The summed E-state index contributed by atoms with van der Waals surface area (Å²) in [5.41, 5.74) is 3.50. The molecule has 0 spiro atoms. The van der Waals surface area contributed by atoms with E-state index in [-0.39, 0.29) is 0 Å². The first-order valence-electron chi connectivity index (χ1n) is 11.8. The quantitative estimate of drug-likeness (QED) is 0.476. The Bertz CT molecular complexity index is 621. The second-order valence-electron chi connectivity index (χ2n) is 11.3. The highest BCUT2D eigenvalue weighted by Crippen LogP contribution is 2.56. The lowest BCUT2D eigenvalue weighted by Gasteiger charge is -2.57. The van der Waals surface area contributed by atoms with E-state index in [1.807, 2.05) is 0 Å². The monoisotopic (exact) mass is 399 g/mol. The van der Waals surface area contributed by atoms with Crippen LogP contribution >= 0.6 is 0 Å². The summed E-state index contributed by atoms with van der Waals surface area (Å²) < 4.78 is 6.85. The molecular weight excluding hydrogens is 358 g/mol. The van der Waals surface area contributed by atoms with Crippen molar-refractivity contribution in [3.05, 3.63) is 24.3 Å². The van der Waals surface area contributed by atoms with Crippen LogP contribution in [0.25, 0.3) is 0 Å². The molecule has 0 atom stereocenters. The zero-order valence-corrected chi connectivity index (χ0v) is 19.9. The molecule has 1 N–H and O–H groups in total. The van der Waals surface area contributed by atoms with Crippen molar-refractivity contribution in [3.8, 4) is 5.75 Å². The molecule has 1 aromatic carbocycles. The number of anilines is 1. The van der Waals surface area contributed by atoms with Gasteiger partial charge >= 0.3 is 0 Å². The molecule has 0 saturated heterocycles. The van der Waals surface area contributed by atoms with E-state index in [2.05, 4.69) is 71.1 Å². The van der Waals surface area contributed by atoms with Crippen LogP contribution in [-0.2, 0) is 0 Å². The third kappa shape index (κ3) is 3.53. The number of hydrogen-bond donors (Lipinski definition) is 1. The van der Waals surface area contributed by atoms with Crippen LogP contribution in [0.3, 0.4) is 0 Å². The first-order chi connectivity index (χ1) is 13.2. The van der Waals surface area contributed by atoms with Crippen molar-refractivity contribution in [2.75, 3.05) is 5.32 Å². The van der Waals surface area contributed by atoms with Crippen molar-refractivity contribution < 1.29 is 4.43 Å². The summed E-state index contributed by atoms with van der Waals surface area (Å²) in [4.78, 5) is 0. The minimum atomic E-state index is -1.87. The Labute approximate surface area is 174 Å². The number of benzene rings is 1.